The first kappa shape index (κ1) is 49.9. The quantitative estimate of drug-likeness (QED) is 0.0650. The first-order chi connectivity index (χ1) is 33.2. The summed E-state index contributed by atoms with van der Waals surface area (Å²) in [5, 5.41) is 0.993. The molecule has 9 rings (SSSR count). The molecule has 4 saturated heterocycles. The first-order valence-electron chi connectivity index (χ1n) is 24.1. The van der Waals surface area contributed by atoms with Crippen LogP contribution < -0.4 is 24.7 Å². The maximum Gasteiger partial charge on any atom is 0.418 e. The number of pyridine rings is 1. The van der Waals surface area contributed by atoms with E-state index in [0.717, 1.165) is 67.6 Å². The Labute approximate surface area is 412 Å². The van der Waals surface area contributed by atoms with E-state index in [2.05, 4.69) is 28.7 Å². The maximum absolute atomic E-state index is 17.3. The number of halogens is 5. The molecule has 4 fully saturated rings. The summed E-state index contributed by atoms with van der Waals surface area (Å²) < 4.78 is 84.4. The lowest BCUT2D eigenvalue weighted by atomic mass is 9.95. The number of ether oxygens (including phenoxy) is 4. The van der Waals surface area contributed by atoms with E-state index >= 15 is 4.39 Å². The zero-order valence-corrected chi connectivity index (χ0v) is 42.2. The van der Waals surface area contributed by atoms with Crippen molar-refractivity contribution >= 4 is 53.1 Å². The second-order valence-electron chi connectivity index (χ2n) is 20.9. The Morgan fingerprint density at radius 1 is 0.914 bits per heavy atom. The average Bonchev–Trinajstić information content (AvgIpc) is 3.97. The van der Waals surface area contributed by atoms with Gasteiger partial charge >= 0.3 is 18.3 Å². The predicted molar refractivity (Wildman–Crippen MR) is 263 cm³/mol. The van der Waals surface area contributed by atoms with E-state index in [-0.39, 0.29) is 59.7 Å². The van der Waals surface area contributed by atoms with Crippen molar-refractivity contribution in [2.24, 2.45) is 0 Å². The van der Waals surface area contributed by atoms with Crippen molar-refractivity contribution in [2.75, 3.05) is 45.0 Å². The monoisotopic (exact) mass is 1000 g/mol. The van der Waals surface area contributed by atoms with Crippen molar-refractivity contribution in [3.63, 3.8) is 0 Å². The van der Waals surface area contributed by atoms with Gasteiger partial charge in [-0.3, -0.25) is 14.8 Å². The van der Waals surface area contributed by atoms with Crippen molar-refractivity contribution in [3.8, 4) is 23.0 Å². The van der Waals surface area contributed by atoms with Gasteiger partial charge < -0.3 is 28.6 Å². The Balaban J connectivity index is 1.04. The molecule has 0 aliphatic carbocycles. The molecule has 0 saturated carbocycles. The Morgan fingerprint density at radius 3 is 2.19 bits per heavy atom. The van der Waals surface area contributed by atoms with E-state index in [1.54, 1.807) is 4.90 Å². The van der Waals surface area contributed by atoms with Crippen LogP contribution in [0.2, 0.25) is 10.1 Å². The Bertz CT molecular complexity index is 2660. The number of alkyl halides is 3. The number of anilines is 1. The number of piperazine rings is 1. The fraction of sp³-hybridized carbons (Fsp3) is 0.500. The van der Waals surface area contributed by atoms with Crippen LogP contribution in [-0.4, -0.2) is 113 Å². The number of rotatable bonds is 14. The van der Waals surface area contributed by atoms with Gasteiger partial charge in [0.2, 0.25) is 0 Å². The van der Waals surface area contributed by atoms with E-state index in [9.17, 15) is 22.8 Å². The lowest BCUT2D eigenvalue weighted by Gasteiger charge is -2.42. The molecule has 70 heavy (non-hydrogen) atoms. The number of methoxy groups -OCH3 is 1. The minimum absolute atomic E-state index is 0.0779. The molecule has 4 aliphatic heterocycles. The van der Waals surface area contributed by atoms with E-state index < -0.39 is 58.9 Å². The maximum atomic E-state index is 17.3. The average molecular weight is 1010 g/mol. The highest BCUT2D eigenvalue weighted by Crippen LogP contribution is 2.49. The van der Waals surface area contributed by atoms with Crippen LogP contribution in [0.1, 0.15) is 91.5 Å². The number of nitrogens with zero attached hydrogens (tertiary/aromatic N) is 6. The molecule has 0 radical (unpaired) electrons. The van der Waals surface area contributed by atoms with Gasteiger partial charge in [0.15, 0.2) is 12.6 Å². The largest absolute Gasteiger partial charge is 0.467 e. The highest BCUT2D eigenvalue weighted by atomic mass is 35.5. The highest BCUT2D eigenvalue weighted by molar-refractivity contribution is 6.98. The van der Waals surface area contributed by atoms with E-state index in [4.69, 9.17) is 35.5 Å². The Kier molecular flexibility index (Phi) is 13.7. The molecule has 6 heterocycles. The standard InChI is InChI=1S/C52H61ClF4N6O6Si/c1-49(2,3)69-48(64)63-34-18-19-35(63)30-61(29-34)46-40-28-58-44(39-26-36(68-32-66-6)27-41(53)42(39)52(55,56)57)43(54)45(40)59-47(60-46)67-31-51-22-13-25-62(51)33(21-24-51)20-23-50(4,5)70(65,37-14-9-7-10-15-37)38-16-11-8-12-17-38/h7-12,14-17,26-28,33-35,65H,13,18-25,29-32H2,1-6H3/t33-,34?,35?,51-/m1/s1. The van der Waals surface area contributed by atoms with Gasteiger partial charge in [-0.25, -0.2) is 9.18 Å². The van der Waals surface area contributed by atoms with Crippen molar-refractivity contribution in [1.29, 1.82) is 0 Å². The molecule has 2 aromatic heterocycles. The molecule has 3 aromatic carbocycles. The van der Waals surface area contributed by atoms with Gasteiger partial charge in [-0.05, 0) is 106 Å². The van der Waals surface area contributed by atoms with E-state index in [0.29, 0.717) is 31.7 Å². The number of carbonyl (C=O) groups excluding carboxylic acids is 1. The summed E-state index contributed by atoms with van der Waals surface area (Å²) in [6.45, 7) is 11.3. The van der Waals surface area contributed by atoms with Gasteiger partial charge in [0.25, 0.3) is 8.32 Å². The van der Waals surface area contributed by atoms with Crippen LogP contribution in [0, 0.1) is 5.82 Å². The smallest absolute Gasteiger partial charge is 0.418 e. The van der Waals surface area contributed by atoms with Gasteiger partial charge in [0.1, 0.15) is 35.0 Å². The summed E-state index contributed by atoms with van der Waals surface area (Å²) in [6.07, 6.45) is 2.54. The lowest BCUT2D eigenvalue weighted by molar-refractivity contribution is -0.137. The molecule has 4 atom stereocenters. The number of hydrogen-bond acceptors (Lipinski definition) is 11. The van der Waals surface area contributed by atoms with Crippen LogP contribution in [0.25, 0.3) is 22.2 Å². The molecular weight excluding hydrogens is 944 g/mol. The second-order valence-corrected chi connectivity index (χ2v) is 25.3. The third-order valence-corrected chi connectivity index (χ3v) is 19.8. The predicted octanol–water partition coefficient (Wildman–Crippen LogP) is 9.76. The molecule has 5 aromatic rings. The van der Waals surface area contributed by atoms with Crippen molar-refractivity contribution in [1.82, 2.24) is 24.8 Å². The lowest BCUT2D eigenvalue weighted by Crippen LogP contribution is -2.65. The van der Waals surface area contributed by atoms with Gasteiger partial charge in [-0.2, -0.15) is 23.1 Å². The molecule has 4 aliphatic rings. The van der Waals surface area contributed by atoms with Crippen LogP contribution in [0.4, 0.5) is 28.2 Å². The molecule has 18 heteroatoms. The number of fused-ring (bicyclic) bond motifs is 4. The van der Waals surface area contributed by atoms with Gasteiger partial charge in [-0.15, -0.1) is 0 Å². The van der Waals surface area contributed by atoms with Crippen LogP contribution in [0.5, 0.6) is 11.8 Å². The van der Waals surface area contributed by atoms with Crippen LogP contribution in [0.3, 0.4) is 0 Å². The molecular formula is C52H61ClF4N6O6Si. The second kappa shape index (κ2) is 19.2. The van der Waals surface area contributed by atoms with Gasteiger partial charge in [-0.1, -0.05) is 86.1 Å². The van der Waals surface area contributed by atoms with Gasteiger partial charge in [0.05, 0.1) is 33.6 Å². The van der Waals surface area contributed by atoms with E-state index in [1.165, 1.54) is 13.3 Å². The molecule has 0 spiro atoms. The van der Waals surface area contributed by atoms with Gasteiger partial charge in [0, 0.05) is 38.0 Å². The number of amides is 1. The Hall–Kier alpha value is -5.07. The first-order valence-corrected chi connectivity index (χ1v) is 26.4. The minimum atomic E-state index is -4.98. The number of carbonyl (C=O) groups is 1. The zero-order chi connectivity index (χ0) is 49.8. The molecule has 2 unspecified atom stereocenters. The van der Waals surface area contributed by atoms with Crippen molar-refractivity contribution < 1.29 is 46.1 Å². The summed E-state index contributed by atoms with van der Waals surface area (Å²) in [5.74, 6) is -0.901. The topological polar surface area (TPSA) is 123 Å². The van der Waals surface area contributed by atoms with E-state index in [1.807, 2.05) is 86.3 Å². The SMILES string of the molecule is COCOc1cc(Cl)c(C(F)(F)F)c(-c2ncc3c(N4CC5CCC(C4)N5C(=O)OC(C)(C)C)nc(OC[C@]45CCCN4[C@H](CCC(C)(C)[Si](O)(c4ccccc4)c4ccccc4)CC5)nc3c2F)c1. The molecule has 1 amide bonds. The number of benzene rings is 3. The summed E-state index contributed by atoms with van der Waals surface area (Å²) in [6, 6.07) is 21.7. The summed E-state index contributed by atoms with van der Waals surface area (Å²) in [5.41, 5.74) is -3.88. The molecule has 2 bridgehead atoms. The summed E-state index contributed by atoms with van der Waals surface area (Å²) >= 11 is 6.25. The highest BCUT2D eigenvalue weighted by Gasteiger charge is 2.53. The van der Waals surface area contributed by atoms with Crippen LogP contribution in [-0.2, 0) is 15.7 Å². The molecule has 1 N–H and O–H groups in total. The number of hydrogen-bond donors (Lipinski definition) is 1. The Morgan fingerprint density at radius 2 is 1.57 bits per heavy atom. The third-order valence-electron chi connectivity index (χ3n) is 14.9. The van der Waals surface area contributed by atoms with Crippen molar-refractivity contribution in [3.05, 3.63) is 95.4 Å². The minimum Gasteiger partial charge on any atom is -0.467 e. The molecule has 374 valence electrons. The summed E-state index contributed by atoms with van der Waals surface area (Å²) in [4.78, 5) is 46.4. The fourth-order valence-electron chi connectivity index (χ4n) is 11.6. The fourth-order valence-corrected chi connectivity index (χ4v) is 15.7. The van der Waals surface area contributed by atoms with Crippen LogP contribution in [0.15, 0.2) is 79.0 Å². The normalized spacial score (nSPS) is 21.9. The number of aromatic nitrogens is 3. The van der Waals surface area contributed by atoms with Crippen molar-refractivity contribution in [2.45, 2.75) is 126 Å². The molecule has 12 nitrogen and oxygen atoms in total. The third kappa shape index (κ3) is 9.44. The zero-order valence-electron chi connectivity index (χ0n) is 40.5. The summed E-state index contributed by atoms with van der Waals surface area (Å²) in [7, 11) is -1.88. The van der Waals surface area contributed by atoms with Crippen LogP contribution >= 0.6 is 11.6 Å².